The van der Waals surface area contributed by atoms with Gasteiger partial charge >= 0.3 is 11.9 Å². The SMILES string of the molecule is Cc1c(O)cc(Br)c(C)c1C1(c2c(C)c(O)cc(Br)c2C)OC(=O)c2cc(C(=O)O)ccc21. The molecule has 4 rings (SSSR count). The van der Waals surface area contributed by atoms with E-state index >= 15 is 0 Å². The highest BCUT2D eigenvalue weighted by atomic mass is 79.9. The number of rotatable bonds is 3. The van der Waals surface area contributed by atoms with Crippen LogP contribution in [0.3, 0.4) is 0 Å². The van der Waals surface area contributed by atoms with E-state index in [1.165, 1.54) is 12.1 Å². The third kappa shape index (κ3) is 3.27. The van der Waals surface area contributed by atoms with Crippen LogP contribution in [0.25, 0.3) is 0 Å². The van der Waals surface area contributed by atoms with Gasteiger partial charge in [0, 0.05) is 25.6 Å². The van der Waals surface area contributed by atoms with Crippen LogP contribution in [-0.2, 0) is 10.3 Å². The second-order valence-corrected chi connectivity index (χ2v) is 9.85. The molecule has 1 heterocycles. The summed E-state index contributed by atoms with van der Waals surface area (Å²) in [6, 6.07) is 7.43. The summed E-state index contributed by atoms with van der Waals surface area (Å²) in [7, 11) is 0. The number of hydrogen-bond acceptors (Lipinski definition) is 5. The van der Waals surface area contributed by atoms with E-state index in [4.69, 9.17) is 4.74 Å². The Hall–Kier alpha value is -2.84. The Labute approximate surface area is 207 Å². The Kier molecular flexibility index (Phi) is 5.57. The molecule has 33 heavy (non-hydrogen) atoms. The standard InChI is InChI=1S/C25H20Br2O6/c1-10-17(26)8-19(28)12(3)21(10)25(22-11(2)18(27)9-20(29)13(22)4)16-6-5-14(23(30)31)7-15(16)24(32)33-25/h5-9,28-29H,1-4H3,(H,30,31). The molecule has 0 atom stereocenters. The summed E-state index contributed by atoms with van der Waals surface area (Å²) in [5.41, 5.74) is 2.50. The zero-order valence-electron chi connectivity index (χ0n) is 18.2. The van der Waals surface area contributed by atoms with Crippen molar-refractivity contribution in [2.45, 2.75) is 33.3 Å². The molecule has 1 aliphatic heterocycles. The molecule has 0 aromatic heterocycles. The molecule has 0 saturated heterocycles. The number of aromatic carboxylic acids is 1. The number of benzene rings is 3. The number of hydrogen-bond donors (Lipinski definition) is 3. The molecule has 0 fully saturated rings. The first-order valence-electron chi connectivity index (χ1n) is 10.0. The van der Waals surface area contributed by atoms with Crippen LogP contribution >= 0.6 is 31.9 Å². The van der Waals surface area contributed by atoms with Gasteiger partial charge in [-0.1, -0.05) is 37.9 Å². The molecule has 0 bridgehead atoms. The maximum absolute atomic E-state index is 13.2. The smallest absolute Gasteiger partial charge is 0.340 e. The molecular weight excluding hydrogens is 556 g/mol. The summed E-state index contributed by atoms with van der Waals surface area (Å²) in [6.07, 6.45) is 0. The number of carbonyl (C=O) groups is 2. The molecule has 0 spiro atoms. The van der Waals surface area contributed by atoms with Gasteiger partial charge in [-0.3, -0.25) is 0 Å². The normalized spacial score (nSPS) is 14.2. The second-order valence-electron chi connectivity index (χ2n) is 8.14. The summed E-state index contributed by atoms with van der Waals surface area (Å²) in [6.45, 7) is 7.14. The average molecular weight is 576 g/mol. The molecule has 3 aromatic carbocycles. The van der Waals surface area contributed by atoms with Gasteiger partial charge in [0.15, 0.2) is 5.60 Å². The fourth-order valence-corrected chi connectivity index (χ4v) is 5.52. The number of ether oxygens (including phenoxy) is 1. The quantitative estimate of drug-likeness (QED) is 0.330. The molecule has 170 valence electrons. The number of aromatic hydroxyl groups is 2. The Morgan fingerprint density at radius 3 is 1.79 bits per heavy atom. The minimum absolute atomic E-state index is 0.00281. The summed E-state index contributed by atoms with van der Waals surface area (Å²) in [4.78, 5) is 24.8. The third-order valence-corrected chi connectivity index (χ3v) is 7.97. The van der Waals surface area contributed by atoms with Crippen molar-refractivity contribution in [2.75, 3.05) is 0 Å². The highest BCUT2D eigenvalue weighted by Gasteiger charge is 2.52. The van der Waals surface area contributed by atoms with Gasteiger partial charge in [0.1, 0.15) is 11.5 Å². The molecule has 6 nitrogen and oxygen atoms in total. The van der Waals surface area contributed by atoms with Crippen molar-refractivity contribution >= 4 is 43.8 Å². The minimum atomic E-state index is -1.53. The monoisotopic (exact) mass is 574 g/mol. The number of fused-ring (bicyclic) bond motifs is 1. The van der Waals surface area contributed by atoms with Crippen molar-refractivity contribution in [1.82, 2.24) is 0 Å². The Balaban J connectivity index is 2.26. The van der Waals surface area contributed by atoms with Crippen LogP contribution in [0, 0.1) is 27.7 Å². The molecule has 0 aliphatic carbocycles. The highest BCUT2D eigenvalue weighted by molar-refractivity contribution is 9.10. The lowest BCUT2D eigenvalue weighted by Gasteiger charge is -2.36. The molecule has 0 saturated carbocycles. The van der Waals surface area contributed by atoms with Gasteiger partial charge in [0.05, 0.1) is 11.1 Å². The molecular formula is C25H20Br2O6. The zero-order chi connectivity index (χ0) is 24.4. The van der Waals surface area contributed by atoms with E-state index in [0.717, 1.165) is 11.1 Å². The number of cyclic esters (lactones) is 1. The number of carboxylic acid groups (broad SMARTS) is 1. The van der Waals surface area contributed by atoms with Crippen molar-refractivity contribution in [1.29, 1.82) is 0 Å². The van der Waals surface area contributed by atoms with Gasteiger partial charge < -0.3 is 20.1 Å². The maximum Gasteiger partial charge on any atom is 0.340 e. The van der Waals surface area contributed by atoms with Crippen molar-refractivity contribution in [3.8, 4) is 11.5 Å². The molecule has 3 aromatic rings. The van der Waals surface area contributed by atoms with Crippen LogP contribution in [-0.4, -0.2) is 27.3 Å². The van der Waals surface area contributed by atoms with Crippen LogP contribution < -0.4 is 0 Å². The zero-order valence-corrected chi connectivity index (χ0v) is 21.4. The van der Waals surface area contributed by atoms with Crippen molar-refractivity contribution in [3.63, 3.8) is 0 Å². The number of esters is 1. The predicted octanol–water partition coefficient (Wildman–Crippen LogP) is 6.02. The molecule has 0 unspecified atom stereocenters. The lowest BCUT2D eigenvalue weighted by molar-refractivity contribution is 0.0243. The third-order valence-electron chi connectivity index (χ3n) is 6.33. The van der Waals surface area contributed by atoms with E-state index in [1.807, 2.05) is 13.8 Å². The minimum Gasteiger partial charge on any atom is -0.508 e. The van der Waals surface area contributed by atoms with Crippen molar-refractivity contribution in [3.05, 3.63) is 89.3 Å². The number of carboxylic acids is 1. The Bertz CT molecular complexity index is 1260. The van der Waals surface area contributed by atoms with Crippen LogP contribution in [0.15, 0.2) is 39.3 Å². The van der Waals surface area contributed by atoms with Crippen molar-refractivity contribution in [2.24, 2.45) is 0 Å². The molecule has 0 radical (unpaired) electrons. The highest BCUT2D eigenvalue weighted by Crippen LogP contribution is 2.54. The van der Waals surface area contributed by atoms with Gasteiger partial charge in [0.2, 0.25) is 0 Å². The number of phenolic OH excluding ortho intramolecular Hbond substituents is 2. The van der Waals surface area contributed by atoms with E-state index in [1.54, 1.807) is 32.0 Å². The lowest BCUT2D eigenvalue weighted by Crippen LogP contribution is -2.33. The summed E-state index contributed by atoms with van der Waals surface area (Å²) >= 11 is 6.98. The van der Waals surface area contributed by atoms with Crippen LogP contribution in [0.1, 0.15) is 59.7 Å². The van der Waals surface area contributed by atoms with E-state index in [-0.39, 0.29) is 22.6 Å². The van der Waals surface area contributed by atoms with Crippen LogP contribution in [0.2, 0.25) is 0 Å². The van der Waals surface area contributed by atoms with Crippen molar-refractivity contribution < 1.29 is 29.6 Å². The molecule has 3 N–H and O–H groups in total. The average Bonchev–Trinajstić information content (AvgIpc) is 3.03. The number of phenols is 2. The van der Waals surface area contributed by atoms with Crippen LogP contribution in [0.5, 0.6) is 11.5 Å². The van der Waals surface area contributed by atoms with E-state index in [2.05, 4.69) is 31.9 Å². The van der Waals surface area contributed by atoms with Gasteiger partial charge in [0.25, 0.3) is 0 Å². The summed E-state index contributed by atoms with van der Waals surface area (Å²) in [5, 5.41) is 30.9. The lowest BCUT2D eigenvalue weighted by atomic mass is 9.73. The maximum atomic E-state index is 13.2. The fourth-order valence-electron chi connectivity index (χ4n) is 4.69. The summed E-state index contributed by atoms with van der Waals surface area (Å²) in [5.74, 6) is -1.85. The molecule has 8 heteroatoms. The predicted molar refractivity (Wildman–Crippen MR) is 129 cm³/mol. The van der Waals surface area contributed by atoms with Crippen LogP contribution in [0.4, 0.5) is 0 Å². The first kappa shape index (κ1) is 23.3. The Morgan fingerprint density at radius 2 is 1.33 bits per heavy atom. The molecule has 0 amide bonds. The topological polar surface area (TPSA) is 104 Å². The second kappa shape index (κ2) is 7.88. The number of halogens is 2. The first-order valence-corrected chi connectivity index (χ1v) is 11.6. The van der Waals surface area contributed by atoms with E-state index in [0.29, 0.717) is 36.8 Å². The number of carbonyl (C=O) groups excluding carboxylic acids is 1. The van der Waals surface area contributed by atoms with E-state index in [9.17, 15) is 24.9 Å². The summed E-state index contributed by atoms with van der Waals surface area (Å²) < 4.78 is 7.40. The fraction of sp³-hybridized carbons (Fsp3) is 0.200. The first-order chi connectivity index (χ1) is 15.4. The van der Waals surface area contributed by atoms with Gasteiger partial charge in [-0.15, -0.1) is 0 Å². The van der Waals surface area contributed by atoms with Gasteiger partial charge in [-0.2, -0.15) is 0 Å². The van der Waals surface area contributed by atoms with Gasteiger partial charge in [-0.05, 0) is 74.2 Å². The largest absolute Gasteiger partial charge is 0.508 e. The van der Waals surface area contributed by atoms with Gasteiger partial charge in [-0.25, -0.2) is 9.59 Å². The van der Waals surface area contributed by atoms with E-state index < -0.39 is 17.5 Å². The molecule has 1 aliphatic rings. The Morgan fingerprint density at radius 1 is 0.848 bits per heavy atom.